The quantitative estimate of drug-likeness (QED) is 0.834. The minimum atomic E-state index is -1.50. The van der Waals surface area contributed by atoms with Crippen LogP contribution in [0, 0.1) is 11.6 Å². The van der Waals surface area contributed by atoms with Crippen LogP contribution in [0.2, 0.25) is 0 Å². The summed E-state index contributed by atoms with van der Waals surface area (Å²) in [5.74, 6) is -4.07. The van der Waals surface area contributed by atoms with Crippen molar-refractivity contribution < 1.29 is 23.4 Å². The van der Waals surface area contributed by atoms with E-state index in [2.05, 4.69) is 5.32 Å². The van der Waals surface area contributed by atoms with Crippen molar-refractivity contribution in [2.45, 2.75) is 13.0 Å². The number of anilines is 1. The third-order valence-corrected chi connectivity index (χ3v) is 2.30. The molecule has 0 spiro atoms. The number of nitrogens with one attached hydrogen (secondary N) is 1. The molecule has 17 heavy (non-hydrogen) atoms. The fourth-order valence-electron chi connectivity index (χ4n) is 1.19. The smallest absolute Gasteiger partial charge is 0.338 e. The number of ether oxygens (including phenoxy) is 1. The Balaban J connectivity index is 2.89. The number of rotatable bonds is 5. The molecule has 0 aliphatic rings. The van der Waals surface area contributed by atoms with Crippen molar-refractivity contribution in [2.75, 3.05) is 19.0 Å². The fraction of sp³-hybridized carbons (Fsp3) is 0.364. The van der Waals surface area contributed by atoms with Crippen LogP contribution in [-0.2, 0) is 4.74 Å². The number of methoxy groups -OCH3 is 1. The lowest BCUT2D eigenvalue weighted by Gasteiger charge is -2.13. The first-order valence-electron chi connectivity index (χ1n) is 4.95. The average molecular weight is 245 g/mol. The number of hydrogen-bond acceptors (Lipinski definition) is 3. The van der Waals surface area contributed by atoms with Crippen LogP contribution < -0.4 is 5.32 Å². The molecular weight excluding hydrogens is 232 g/mol. The van der Waals surface area contributed by atoms with Gasteiger partial charge in [0, 0.05) is 13.7 Å². The van der Waals surface area contributed by atoms with Crippen molar-refractivity contribution in [3.05, 3.63) is 29.3 Å². The molecule has 94 valence electrons. The predicted octanol–water partition coefficient (Wildman–Crippen LogP) is 2.11. The standard InChI is InChI=1S/C11H13F2NO3/c1-6(17-2)5-14-8-4-3-7(11(15)16)9(12)10(8)13/h3-4,6,14H,5H2,1-2H3,(H,15,16). The van der Waals surface area contributed by atoms with E-state index in [1.165, 1.54) is 13.2 Å². The van der Waals surface area contributed by atoms with Gasteiger partial charge in [-0.15, -0.1) is 0 Å². The van der Waals surface area contributed by atoms with E-state index in [-0.39, 0.29) is 11.8 Å². The van der Waals surface area contributed by atoms with Gasteiger partial charge in [-0.25, -0.2) is 13.6 Å². The maximum atomic E-state index is 13.4. The second-order valence-corrected chi connectivity index (χ2v) is 3.52. The van der Waals surface area contributed by atoms with E-state index in [1.807, 2.05) is 0 Å². The van der Waals surface area contributed by atoms with E-state index in [4.69, 9.17) is 9.84 Å². The van der Waals surface area contributed by atoms with E-state index in [0.717, 1.165) is 6.07 Å². The monoisotopic (exact) mass is 245 g/mol. The highest BCUT2D eigenvalue weighted by Crippen LogP contribution is 2.20. The molecule has 0 aromatic heterocycles. The Bertz CT molecular complexity index is 423. The Morgan fingerprint density at radius 1 is 1.47 bits per heavy atom. The van der Waals surface area contributed by atoms with Crippen molar-refractivity contribution in [1.29, 1.82) is 0 Å². The van der Waals surface area contributed by atoms with E-state index in [1.54, 1.807) is 6.92 Å². The second-order valence-electron chi connectivity index (χ2n) is 3.52. The van der Waals surface area contributed by atoms with Gasteiger partial charge >= 0.3 is 5.97 Å². The van der Waals surface area contributed by atoms with E-state index >= 15 is 0 Å². The lowest BCUT2D eigenvalue weighted by Crippen LogP contribution is -2.19. The van der Waals surface area contributed by atoms with E-state index in [0.29, 0.717) is 6.54 Å². The van der Waals surface area contributed by atoms with E-state index < -0.39 is 23.2 Å². The van der Waals surface area contributed by atoms with Crippen LogP contribution in [0.3, 0.4) is 0 Å². The van der Waals surface area contributed by atoms with Gasteiger partial charge in [-0.2, -0.15) is 0 Å². The Labute approximate surface area is 97.2 Å². The number of aromatic carboxylic acids is 1. The molecule has 1 unspecified atom stereocenters. The largest absolute Gasteiger partial charge is 0.478 e. The summed E-state index contributed by atoms with van der Waals surface area (Å²) in [6.45, 7) is 2.05. The van der Waals surface area contributed by atoms with Crippen molar-refractivity contribution in [3.8, 4) is 0 Å². The van der Waals surface area contributed by atoms with Gasteiger partial charge in [0.05, 0.1) is 17.4 Å². The molecule has 0 bridgehead atoms. The van der Waals surface area contributed by atoms with Crippen LogP contribution in [0.1, 0.15) is 17.3 Å². The molecular formula is C11H13F2NO3. The third kappa shape index (κ3) is 3.13. The summed E-state index contributed by atoms with van der Waals surface area (Å²) in [4.78, 5) is 10.6. The fourth-order valence-corrected chi connectivity index (χ4v) is 1.19. The van der Waals surface area contributed by atoms with Crippen molar-refractivity contribution in [1.82, 2.24) is 0 Å². The highest BCUT2D eigenvalue weighted by Gasteiger charge is 2.17. The van der Waals surface area contributed by atoms with E-state index in [9.17, 15) is 13.6 Å². The predicted molar refractivity (Wildman–Crippen MR) is 58.3 cm³/mol. The molecule has 6 heteroatoms. The van der Waals surface area contributed by atoms with Crippen LogP contribution in [-0.4, -0.2) is 30.8 Å². The molecule has 0 saturated heterocycles. The minimum Gasteiger partial charge on any atom is -0.478 e. The molecule has 1 atom stereocenters. The Hall–Kier alpha value is -1.69. The Kier molecular flexibility index (Phi) is 4.39. The first kappa shape index (κ1) is 13.4. The molecule has 1 aromatic rings. The van der Waals surface area contributed by atoms with Crippen LogP contribution in [0.15, 0.2) is 12.1 Å². The molecule has 0 fully saturated rings. The summed E-state index contributed by atoms with van der Waals surface area (Å²) in [6.07, 6.45) is -0.170. The lowest BCUT2D eigenvalue weighted by atomic mass is 10.2. The Morgan fingerprint density at radius 3 is 2.65 bits per heavy atom. The molecule has 0 aliphatic heterocycles. The number of halogens is 2. The first-order chi connectivity index (χ1) is 7.97. The van der Waals surface area contributed by atoms with Gasteiger partial charge in [0.25, 0.3) is 0 Å². The third-order valence-electron chi connectivity index (χ3n) is 2.30. The number of benzene rings is 1. The SMILES string of the molecule is COC(C)CNc1ccc(C(=O)O)c(F)c1F. The van der Waals surface area contributed by atoms with Gasteiger partial charge in [0.15, 0.2) is 11.6 Å². The molecule has 1 aromatic carbocycles. The maximum absolute atomic E-state index is 13.4. The van der Waals surface area contributed by atoms with Crippen molar-refractivity contribution >= 4 is 11.7 Å². The zero-order chi connectivity index (χ0) is 13.0. The zero-order valence-corrected chi connectivity index (χ0v) is 9.46. The van der Waals surface area contributed by atoms with Crippen molar-refractivity contribution in [2.24, 2.45) is 0 Å². The summed E-state index contributed by atoms with van der Waals surface area (Å²) < 4.78 is 31.7. The van der Waals surface area contributed by atoms with Gasteiger partial charge in [0.2, 0.25) is 0 Å². The highest BCUT2D eigenvalue weighted by atomic mass is 19.2. The topological polar surface area (TPSA) is 58.6 Å². The second kappa shape index (κ2) is 5.58. The van der Waals surface area contributed by atoms with Crippen LogP contribution in [0.5, 0.6) is 0 Å². The summed E-state index contributed by atoms with van der Waals surface area (Å²) in [5, 5.41) is 11.2. The molecule has 0 aliphatic carbocycles. The number of hydrogen-bond donors (Lipinski definition) is 2. The zero-order valence-electron chi connectivity index (χ0n) is 9.46. The molecule has 0 amide bonds. The summed E-state index contributed by atoms with van der Waals surface area (Å²) in [6, 6.07) is 2.20. The van der Waals surface area contributed by atoms with Gasteiger partial charge in [-0.3, -0.25) is 0 Å². The molecule has 0 radical (unpaired) electrons. The number of carboxylic acid groups (broad SMARTS) is 1. The van der Waals surface area contributed by atoms with Gasteiger partial charge < -0.3 is 15.2 Å². The average Bonchev–Trinajstić information content (AvgIpc) is 2.30. The Morgan fingerprint density at radius 2 is 2.12 bits per heavy atom. The van der Waals surface area contributed by atoms with Crippen LogP contribution >= 0.6 is 0 Å². The van der Waals surface area contributed by atoms with Gasteiger partial charge in [0.1, 0.15) is 0 Å². The highest BCUT2D eigenvalue weighted by molar-refractivity contribution is 5.88. The normalized spacial score (nSPS) is 12.2. The number of carboxylic acids is 1. The summed E-state index contributed by atoms with van der Waals surface area (Å²) >= 11 is 0. The van der Waals surface area contributed by atoms with Gasteiger partial charge in [-0.1, -0.05) is 0 Å². The molecule has 4 nitrogen and oxygen atoms in total. The molecule has 0 heterocycles. The molecule has 0 saturated carbocycles. The van der Waals surface area contributed by atoms with Crippen LogP contribution in [0.4, 0.5) is 14.5 Å². The van der Waals surface area contributed by atoms with Crippen molar-refractivity contribution in [3.63, 3.8) is 0 Å². The van der Waals surface area contributed by atoms with Crippen LogP contribution in [0.25, 0.3) is 0 Å². The molecule has 2 N–H and O–H groups in total. The maximum Gasteiger partial charge on any atom is 0.338 e. The number of carbonyl (C=O) groups is 1. The lowest BCUT2D eigenvalue weighted by molar-refractivity contribution is 0.0690. The summed E-state index contributed by atoms with van der Waals surface area (Å²) in [7, 11) is 1.50. The minimum absolute atomic E-state index is 0.0867. The first-order valence-corrected chi connectivity index (χ1v) is 4.95. The van der Waals surface area contributed by atoms with Gasteiger partial charge in [-0.05, 0) is 19.1 Å². The molecule has 1 rings (SSSR count). The summed E-state index contributed by atoms with van der Waals surface area (Å²) in [5.41, 5.74) is -0.774.